The molecule has 0 saturated heterocycles. The van der Waals surface area contributed by atoms with Gasteiger partial charge < -0.3 is 15.8 Å². The topological polar surface area (TPSA) is 47.3 Å². The lowest BCUT2D eigenvalue weighted by Gasteiger charge is -2.17. The molecular weight excluding hydrogens is 236 g/mol. The molecule has 1 fully saturated rings. The number of nitrogen functional groups attached to an aromatic ring is 1. The van der Waals surface area contributed by atoms with Gasteiger partial charge in [-0.05, 0) is 42.9 Å². The maximum atomic E-state index is 5.90. The molecule has 94 valence electrons. The lowest BCUT2D eigenvalue weighted by Crippen LogP contribution is -2.17. The number of hydrogen-bond acceptors (Lipinski definition) is 3. The zero-order valence-corrected chi connectivity index (χ0v) is 10.9. The summed E-state index contributed by atoms with van der Waals surface area (Å²) in [5.74, 6) is 0. The van der Waals surface area contributed by atoms with Gasteiger partial charge in [0.05, 0.1) is 11.4 Å². The Bertz CT molecular complexity index is 391. The summed E-state index contributed by atoms with van der Waals surface area (Å²) in [6, 6.07) is 5.57. The summed E-state index contributed by atoms with van der Waals surface area (Å²) in [5.41, 5.74) is 8.00. The molecule has 1 aromatic rings. The molecule has 17 heavy (non-hydrogen) atoms. The van der Waals surface area contributed by atoms with E-state index >= 15 is 0 Å². The van der Waals surface area contributed by atoms with Gasteiger partial charge in [0, 0.05) is 25.3 Å². The molecule has 0 heterocycles. The van der Waals surface area contributed by atoms with Crippen molar-refractivity contribution in [3.63, 3.8) is 0 Å². The average molecular weight is 255 g/mol. The first-order chi connectivity index (χ1) is 8.15. The number of benzene rings is 1. The van der Waals surface area contributed by atoms with Crippen LogP contribution >= 0.6 is 11.6 Å². The van der Waals surface area contributed by atoms with Crippen LogP contribution in [-0.4, -0.2) is 20.3 Å². The Morgan fingerprint density at radius 1 is 1.47 bits per heavy atom. The van der Waals surface area contributed by atoms with E-state index in [-0.39, 0.29) is 0 Å². The summed E-state index contributed by atoms with van der Waals surface area (Å²) in [5, 5.41) is 4.09. The molecule has 4 heteroatoms. The van der Waals surface area contributed by atoms with Gasteiger partial charge in [0.25, 0.3) is 0 Å². The first kappa shape index (κ1) is 12.5. The van der Waals surface area contributed by atoms with Crippen LogP contribution in [0.2, 0.25) is 5.02 Å². The molecule has 2 rings (SSSR count). The number of methoxy groups -OCH3 is 1. The predicted octanol–water partition coefficient (Wildman–Crippen LogP) is 3.15. The third-order valence-electron chi connectivity index (χ3n) is 3.46. The molecule has 0 bridgehead atoms. The van der Waals surface area contributed by atoms with Crippen molar-refractivity contribution >= 4 is 23.0 Å². The van der Waals surface area contributed by atoms with Crippen LogP contribution in [0.5, 0.6) is 0 Å². The van der Waals surface area contributed by atoms with E-state index in [1.165, 1.54) is 12.8 Å². The van der Waals surface area contributed by atoms with Gasteiger partial charge in [-0.15, -0.1) is 0 Å². The van der Waals surface area contributed by atoms with Gasteiger partial charge in [-0.1, -0.05) is 11.6 Å². The second kappa shape index (κ2) is 5.15. The van der Waals surface area contributed by atoms with Gasteiger partial charge in [0.2, 0.25) is 0 Å². The molecule has 0 unspecified atom stereocenters. The van der Waals surface area contributed by atoms with E-state index in [9.17, 15) is 0 Å². The number of anilines is 2. The molecule has 0 amide bonds. The molecule has 0 atom stereocenters. The lowest BCUT2D eigenvalue weighted by atomic mass is 10.0. The minimum absolute atomic E-state index is 0.419. The number of rotatable bonds is 6. The summed E-state index contributed by atoms with van der Waals surface area (Å²) < 4.78 is 5.14. The quantitative estimate of drug-likeness (QED) is 0.767. The Balaban J connectivity index is 1.89. The Labute approximate surface area is 107 Å². The van der Waals surface area contributed by atoms with E-state index < -0.39 is 0 Å². The molecule has 3 N–H and O–H groups in total. The van der Waals surface area contributed by atoms with E-state index in [4.69, 9.17) is 22.1 Å². The molecular formula is C13H19ClN2O. The molecule has 1 aliphatic carbocycles. The second-order valence-corrected chi connectivity index (χ2v) is 5.26. The summed E-state index contributed by atoms with van der Waals surface area (Å²) >= 11 is 5.86. The van der Waals surface area contributed by atoms with Crippen molar-refractivity contribution in [1.29, 1.82) is 0 Å². The summed E-state index contributed by atoms with van der Waals surface area (Å²) in [6.45, 7) is 1.79. The second-order valence-electron chi connectivity index (χ2n) is 4.83. The Hall–Kier alpha value is -0.930. The van der Waals surface area contributed by atoms with Crippen molar-refractivity contribution in [2.45, 2.75) is 19.3 Å². The van der Waals surface area contributed by atoms with Crippen molar-refractivity contribution in [3.05, 3.63) is 23.2 Å². The first-order valence-electron chi connectivity index (χ1n) is 5.93. The molecule has 0 aromatic heterocycles. The third-order valence-corrected chi connectivity index (χ3v) is 3.70. The molecule has 0 radical (unpaired) electrons. The highest BCUT2D eigenvalue weighted by atomic mass is 35.5. The van der Waals surface area contributed by atoms with Gasteiger partial charge in [-0.25, -0.2) is 0 Å². The van der Waals surface area contributed by atoms with Crippen LogP contribution in [0.4, 0.5) is 11.4 Å². The van der Waals surface area contributed by atoms with Crippen LogP contribution in [0.15, 0.2) is 18.2 Å². The SMILES string of the molecule is COCCC1(CNc2ccc(Cl)cc2N)CC1. The van der Waals surface area contributed by atoms with Gasteiger partial charge in [-0.3, -0.25) is 0 Å². The van der Waals surface area contributed by atoms with E-state index in [1.54, 1.807) is 13.2 Å². The number of nitrogens with one attached hydrogen (secondary N) is 1. The van der Waals surface area contributed by atoms with Crippen LogP contribution in [0.3, 0.4) is 0 Å². The van der Waals surface area contributed by atoms with Crippen molar-refractivity contribution in [3.8, 4) is 0 Å². The Morgan fingerprint density at radius 2 is 2.24 bits per heavy atom. The minimum atomic E-state index is 0.419. The molecule has 1 saturated carbocycles. The fourth-order valence-electron chi connectivity index (χ4n) is 1.99. The predicted molar refractivity (Wildman–Crippen MR) is 72.5 cm³/mol. The highest BCUT2D eigenvalue weighted by Crippen LogP contribution is 2.48. The third kappa shape index (κ3) is 3.27. The monoisotopic (exact) mass is 254 g/mol. The fraction of sp³-hybridized carbons (Fsp3) is 0.538. The minimum Gasteiger partial charge on any atom is -0.397 e. The van der Waals surface area contributed by atoms with Crippen molar-refractivity contribution < 1.29 is 4.74 Å². The van der Waals surface area contributed by atoms with E-state index in [0.717, 1.165) is 25.3 Å². The number of nitrogens with two attached hydrogens (primary N) is 1. The van der Waals surface area contributed by atoms with Crippen molar-refractivity contribution in [1.82, 2.24) is 0 Å². The van der Waals surface area contributed by atoms with E-state index in [0.29, 0.717) is 16.1 Å². The average Bonchev–Trinajstić information content (AvgIpc) is 3.06. The Kier molecular flexibility index (Phi) is 3.79. The van der Waals surface area contributed by atoms with Crippen LogP contribution in [0.25, 0.3) is 0 Å². The zero-order valence-electron chi connectivity index (χ0n) is 10.1. The van der Waals surface area contributed by atoms with Gasteiger partial charge >= 0.3 is 0 Å². The van der Waals surface area contributed by atoms with Crippen LogP contribution < -0.4 is 11.1 Å². The maximum absolute atomic E-state index is 5.90. The summed E-state index contributed by atoms with van der Waals surface area (Å²) in [6.07, 6.45) is 3.66. The first-order valence-corrected chi connectivity index (χ1v) is 6.31. The number of halogens is 1. The van der Waals surface area contributed by atoms with Gasteiger partial charge in [0.15, 0.2) is 0 Å². The molecule has 1 aromatic carbocycles. The maximum Gasteiger partial charge on any atom is 0.0575 e. The molecule has 0 spiro atoms. The van der Waals surface area contributed by atoms with Crippen molar-refractivity contribution in [2.24, 2.45) is 5.41 Å². The molecule has 1 aliphatic rings. The smallest absolute Gasteiger partial charge is 0.0575 e. The van der Waals surface area contributed by atoms with Crippen LogP contribution in [-0.2, 0) is 4.74 Å². The van der Waals surface area contributed by atoms with E-state index in [1.807, 2.05) is 12.1 Å². The van der Waals surface area contributed by atoms with Crippen LogP contribution in [0, 0.1) is 5.41 Å². The summed E-state index contributed by atoms with van der Waals surface area (Å²) in [4.78, 5) is 0. The highest BCUT2D eigenvalue weighted by molar-refractivity contribution is 6.31. The number of hydrogen-bond donors (Lipinski definition) is 2. The summed E-state index contributed by atoms with van der Waals surface area (Å²) in [7, 11) is 1.75. The molecule has 0 aliphatic heterocycles. The van der Waals surface area contributed by atoms with Crippen molar-refractivity contribution in [2.75, 3.05) is 31.3 Å². The van der Waals surface area contributed by atoms with Gasteiger partial charge in [0.1, 0.15) is 0 Å². The molecule has 3 nitrogen and oxygen atoms in total. The largest absolute Gasteiger partial charge is 0.397 e. The normalized spacial score (nSPS) is 16.8. The fourth-order valence-corrected chi connectivity index (χ4v) is 2.17. The standard InChI is InChI=1S/C13H19ClN2O/c1-17-7-6-13(4-5-13)9-16-12-3-2-10(14)8-11(12)15/h2-3,8,16H,4-7,9,15H2,1H3. The van der Waals surface area contributed by atoms with Gasteiger partial charge in [-0.2, -0.15) is 0 Å². The van der Waals surface area contributed by atoms with Crippen LogP contribution in [0.1, 0.15) is 19.3 Å². The lowest BCUT2D eigenvalue weighted by molar-refractivity contribution is 0.175. The number of ether oxygens (including phenoxy) is 1. The van der Waals surface area contributed by atoms with E-state index in [2.05, 4.69) is 5.32 Å². The Morgan fingerprint density at radius 3 is 2.82 bits per heavy atom. The zero-order chi connectivity index (χ0) is 12.3. The highest BCUT2D eigenvalue weighted by Gasteiger charge is 2.41.